The van der Waals surface area contributed by atoms with E-state index in [4.69, 9.17) is 0 Å². The lowest BCUT2D eigenvalue weighted by atomic mass is 9.83. The maximum absolute atomic E-state index is 11.4. The van der Waals surface area contributed by atoms with E-state index in [2.05, 4.69) is 9.47 Å². The van der Waals surface area contributed by atoms with Gasteiger partial charge in [0.1, 0.15) is 0 Å². The van der Waals surface area contributed by atoms with Crippen molar-refractivity contribution < 1.29 is 19.1 Å². The van der Waals surface area contributed by atoms with E-state index >= 15 is 0 Å². The summed E-state index contributed by atoms with van der Waals surface area (Å²) < 4.78 is 9.19. The standard InChI is InChI=1S/C10H18O4/c1-5-10(2,9(12)14-4)7-6-8(11)13-3/h5-7H2,1-4H3/t10-/m0/s1. The number of ether oxygens (including phenoxy) is 2. The van der Waals surface area contributed by atoms with Crippen LogP contribution in [0.4, 0.5) is 0 Å². The lowest BCUT2D eigenvalue weighted by Crippen LogP contribution is -2.29. The summed E-state index contributed by atoms with van der Waals surface area (Å²) in [5, 5.41) is 0. The van der Waals surface area contributed by atoms with E-state index in [1.54, 1.807) is 6.92 Å². The first-order valence-corrected chi connectivity index (χ1v) is 4.65. The SMILES string of the molecule is CC[C@@](C)(CCC(=O)OC)C(=O)OC. The zero-order chi connectivity index (χ0) is 11.2. The van der Waals surface area contributed by atoms with Gasteiger partial charge in [0.05, 0.1) is 19.6 Å². The fourth-order valence-corrected chi connectivity index (χ4v) is 1.15. The molecule has 14 heavy (non-hydrogen) atoms. The predicted molar refractivity (Wildman–Crippen MR) is 51.7 cm³/mol. The minimum Gasteiger partial charge on any atom is -0.469 e. The van der Waals surface area contributed by atoms with Crippen LogP contribution in [0, 0.1) is 5.41 Å². The smallest absolute Gasteiger partial charge is 0.311 e. The van der Waals surface area contributed by atoms with Gasteiger partial charge in [-0.1, -0.05) is 6.92 Å². The number of esters is 2. The highest BCUT2D eigenvalue weighted by Gasteiger charge is 2.32. The van der Waals surface area contributed by atoms with Gasteiger partial charge >= 0.3 is 11.9 Å². The molecule has 0 heterocycles. The fraction of sp³-hybridized carbons (Fsp3) is 0.800. The first-order chi connectivity index (χ1) is 6.50. The van der Waals surface area contributed by atoms with Crippen LogP contribution in [0.2, 0.25) is 0 Å². The van der Waals surface area contributed by atoms with Crippen LogP contribution in [0.15, 0.2) is 0 Å². The van der Waals surface area contributed by atoms with E-state index in [0.29, 0.717) is 12.8 Å². The maximum atomic E-state index is 11.4. The number of rotatable bonds is 5. The average Bonchev–Trinajstić information content (AvgIpc) is 2.23. The summed E-state index contributed by atoms with van der Waals surface area (Å²) >= 11 is 0. The van der Waals surface area contributed by atoms with Crippen molar-refractivity contribution in [2.45, 2.75) is 33.1 Å². The molecule has 0 aromatic rings. The van der Waals surface area contributed by atoms with E-state index in [9.17, 15) is 9.59 Å². The third-order valence-electron chi connectivity index (χ3n) is 2.57. The number of carbonyl (C=O) groups excluding carboxylic acids is 2. The molecule has 0 N–H and O–H groups in total. The van der Waals surface area contributed by atoms with Crippen LogP contribution >= 0.6 is 0 Å². The third-order valence-corrected chi connectivity index (χ3v) is 2.57. The Kier molecular flexibility index (Phi) is 5.20. The minimum atomic E-state index is -0.580. The fourth-order valence-electron chi connectivity index (χ4n) is 1.15. The highest BCUT2D eigenvalue weighted by molar-refractivity contribution is 5.77. The molecule has 0 saturated heterocycles. The van der Waals surface area contributed by atoms with Crippen molar-refractivity contribution in [2.24, 2.45) is 5.41 Å². The van der Waals surface area contributed by atoms with Gasteiger partial charge in [-0.15, -0.1) is 0 Å². The second kappa shape index (κ2) is 5.62. The van der Waals surface area contributed by atoms with E-state index in [-0.39, 0.29) is 18.4 Å². The third kappa shape index (κ3) is 3.36. The second-order valence-electron chi connectivity index (χ2n) is 3.48. The minimum absolute atomic E-state index is 0.246. The molecule has 0 unspecified atom stereocenters. The lowest BCUT2D eigenvalue weighted by molar-refractivity contribution is -0.153. The number of hydrogen-bond acceptors (Lipinski definition) is 4. The molecule has 0 aromatic carbocycles. The van der Waals surface area contributed by atoms with Crippen molar-refractivity contribution in [1.29, 1.82) is 0 Å². The molecule has 0 bridgehead atoms. The lowest BCUT2D eigenvalue weighted by Gasteiger charge is -2.24. The van der Waals surface area contributed by atoms with Gasteiger partial charge in [-0.25, -0.2) is 0 Å². The highest BCUT2D eigenvalue weighted by atomic mass is 16.5. The van der Waals surface area contributed by atoms with E-state index in [1.165, 1.54) is 14.2 Å². The Morgan fingerprint density at radius 3 is 2.14 bits per heavy atom. The quantitative estimate of drug-likeness (QED) is 0.634. The molecule has 82 valence electrons. The normalized spacial score (nSPS) is 14.3. The molecule has 4 heteroatoms. The van der Waals surface area contributed by atoms with Gasteiger partial charge in [0.15, 0.2) is 0 Å². The first-order valence-electron chi connectivity index (χ1n) is 4.65. The molecule has 0 aromatic heterocycles. The summed E-state index contributed by atoms with van der Waals surface area (Å²) in [5.41, 5.74) is -0.580. The van der Waals surface area contributed by atoms with Crippen molar-refractivity contribution in [3.63, 3.8) is 0 Å². The van der Waals surface area contributed by atoms with E-state index < -0.39 is 5.41 Å². The Labute approximate surface area is 84.6 Å². The van der Waals surface area contributed by atoms with Crippen molar-refractivity contribution in [1.82, 2.24) is 0 Å². The number of hydrogen-bond donors (Lipinski definition) is 0. The Morgan fingerprint density at radius 1 is 1.21 bits per heavy atom. The molecule has 0 fully saturated rings. The van der Waals surface area contributed by atoms with Crippen LogP contribution in [-0.4, -0.2) is 26.2 Å². The van der Waals surface area contributed by atoms with Crippen LogP contribution < -0.4 is 0 Å². The molecule has 0 amide bonds. The van der Waals surface area contributed by atoms with Crippen LogP contribution in [-0.2, 0) is 19.1 Å². The molecular weight excluding hydrogens is 184 g/mol. The predicted octanol–water partition coefficient (Wildman–Crippen LogP) is 1.53. The summed E-state index contributed by atoms with van der Waals surface area (Å²) in [7, 11) is 2.69. The zero-order valence-corrected chi connectivity index (χ0v) is 9.25. The summed E-state index contributed by atoms with van der Waals surface area (Å²) in [5.74, 6) is -0.572. The molecule has 0 aliphatic heterocycles. The van der Waals surface area contributed by atoms with Crippen LogP contribution in [0.5, 0.6) is 0 Å². The molecule has 0 aliphatic carbocycles. The Bertz CT molecular complexity index is 212. The van der Waals surface area contributed by atoms with Gasteiger partial charge in [-0.05, 0) is 19.8 Å². The van der Waals surface area contributed by atoms with Crippen molar-refractivity contribution >= 4 is 11.9 Å². The first kappa shape index (κ1) is 12.9. The number of methoxy groups -OCH3 is 2. The zero-order valence-electron chi connectivity index (χ0n) is 9.25. The molecule has 4 nitrogen and oxygen atoms in total. The largest absolute Gasteiger partial charge is 0.469 e. The molecule has 0 saturated carbocycles. The summed E-state index contributed by atoms with van der Waals surface area (Å²) in [6.45, 7) is 3.69. The van der Waals surface area contributed by atoms with Crippen LogP contribution in [0.3, 0.4) is 0 Å². The van der Waals surface area contributed by atoms with E-state index in [0.717, 1.165) is 0 Å². The van der Waals surface area contributed by atoms with Gasteiger partial charge in [0.25, 0.3) is 0 Å². The second-order valence-corrected chi connectivity index (χ2v) is 3.48. The highest BCUT2D eigenvalue weighted by Crippen LogP contribution is 2.28. The van der Waals surface area contributed by atoms with Gasteiger partial charge in [0.2, 0.25) is 0 Å². The van der Waals surface area contributed by atoms with Gasteiger partial charge in [0, 0.05) is 6.42 Å². The maximum Gasteiger partial charge on any atom is 0.311 e. The summed E-state index contributed by atoms with van der Waals surface area (Å²) in [6, 6.07) is 0. The molecule has 0 aliphatic rings. The Balaban J connectivity index is 4.26. The van der Waals surface area contributed by atoms with Crippen LogP contribution in [0.25, 0.3) is 0 Å². The van der Waals surface area contributed by atoms with Crippen molar-refractivity contribution in [3.05, 3.63) is 0 Å². The molecule has 0 radical (unpaired) electrons. The van der Waals surface area contributed by atoms with Crippen LogP contribution in [0.1, 0.15) is 33.1 Å². The monoisotopic (exact) mass is 202 g/mol. The summed E-state index contributed by atoms with van der Waals surface area (Å²) in [6.07, 6.45) is 1.36. The van der Waals surface area contributed by atoms with Crippen molar-refractivity contribution in [2.75, 3.05) is 14.2 Å². The Morgan fingerprint density at radius 2 is 1.79 bits per heavy atom. The molecular formula is C10H18O4. The van der Waals surface area contributed by atoms with Crippen molar-refractivity contribution in [3.8, 4) is 0 Å². The van der Waals surface area contributed by atoms with Gasteiger partial charge in [-0.3, -0.25) is 9.59 Å². The molecule has 0 rings (SSSR count). The average molecular weight is 202 g/mol. The van der Waals surface area contributed by atoms with E-state index in [1.807, 2.05) is 6.92 Å². The topological polar surface area (TPSA) is 52.6 Å². The molecule has 0 spiro atoms. The Hall–Kier alpha value is -1.06. The summed E-state index contributed by atoms with van der Waals surface area (Å²) in [4.78, 5) is 22.3. The number of carbonyl (C=O) groups is 2. The molecule has 1 atom stereocenters. The van der Waals surface area contributed by atoms with Gasteiger partial charge in [-0.2, -0.15) is 0 Å². The van der Waals surface area contributed by atoms with Gasteiger partial charge < -0.3 is 9.47 Å².